The largest absolute Gasteiger partial charge is 0.456 e. The van der Waals surface area contributed by atoms with Gasteiger partial charge in [-0.2, -0.15) is 9.97 Å². The smallest absolute Gasteiger partial charge is 0.226 e. The van der Waals surface area contributed by atoms with Crippen molar-refractivity contribution in [1.29, 1.82) is 0 Å². The highest BCUT2D eigenvalue weighted by atomic mass is 35.5. The molecule has 0 radical (unpaired) electrons. The van der Waals surface area contributed by atoms with Gasteiger partial charge in [-0.1, -0.05) is 79.4 Å². The Kier molecular flexibility index (Phi) is 5.80. The normalized spacial score (nSPS) is 12.4. The first-order valence-electron chi connectivity index (χ1n) is 12.9. The summed E-state index contributed by atoms with van der Waals surface area (Å²) in [6.45, 7) is 5.82. The minimum atomic E-state index is 0.113. The lowest BCUT2D eigenvalue weighted by atomic mass is 10.00. The molecule has 0 bridgehead atoms. The van der Waals surface area contributed by atoms with Gasteiger partial charge < -0.3 is 8.83 Å². The van der Waals surface area contributed by atoms with E-state index in [-0.39, 0.29) is 5.28 Å². The number of benzene rings is 4. The molecule has 3 aromatic heterocycles. The minimum absolute atomic E-state index is 0.113. The van der Waals surface area contributed by atoms with Crippen molar-refractivity contribution in [2.45, 2.75) is 6.92 Å². The summed E-state index contributed by atoms with van der Waals surface area (Å²) in [5, 5.41) is 4.34. The fraction of sp³-hybridized carbons (Fsp3) is 0.0294. The maximum atomic E-state index is 6.29. The van der Waals surface area contributed by atoms with E-state index in [0.29, 0.717) is 11.6 Å². The van der Waals surface area contributed by atoms with E-state index in [1.54, 1.807) is 6.08 Å². The van der Waals surface area contributed by atoms with E-state index >= 15 is 0 Å². The molecule has 3 heterocycles. The quantitative estimate of drug-likeness (QED) is 0.204. The maximum Gasteiger partial charge on any atom is 0.226 e. The van der Waals surface area contributed by atoms with Gasteiger partial charge in [-0.3, -0.25) is 0 Å². The van der Waals surface area contributed by atoms with Crippen molar-refractivity contribution in [2.24, 2.45) is 0 Å². The van der Waals surface area contributed by atoms with Gasteiger partial charge in [0, 0.05) is 38.2 Å². The van der Waals surface area contributed by atoms with Gasteiger partial charge in [-0.15, -0.1) is 0 Å². The molecule has 0 atom stereocenters. The average molecular weight is 540 g/mol. The van der Waals surface area contributed by atoms with Crippen LogP contribution in [0.25, 0.3) is 72.0 Å². The zero-order valence-corrected chi connectivity index (χ0v) is 22.3. The summed E-state index contributed by atoms with van der Waals surface area (Å²) in [5.41, 5.74) is 6.91. The van der Waals surface area contributed by atoms with Crippen LogP contribution in [-0.2, 0) is 0 Å². The number of allylic oxidation sites excluding steroid dienone is 5. The van der Waals surface area contributed by atoms with Crippen LogP contribution in [0.15, 0.2) is 119 Å². The summed E-state index contributed by atoms with van der Waals surface area (Å²) < 4.78 is 12.5. The summed E-state index contributed by atoms with van der Waals surface area (Å²) >= 11 is 6.29. The Bertz CT molecular complexity index is 2170. The van der Waals surface area contributed by atoms with Crippen LogP contribution in [0.3, 0.4) is 0 Å². The molecular weight excluding hydrogens is 518 g/mol. The molecule has 192 valence electrons. The number of aromatic nitrogens is 3. The summed E-state index contributed by atoms with van der Waals surface area (Å²) in [6, 6.07) is 26.6. The number of nitrogens with zero attached hydrogens (tertiary/aromatic N) is 3. The number of rotatable bonds is 5. The van der Waals surface area contributed by atoms with Crippen LogP contribution >= 0.6 is 11.6 Å². The van der Waals surface area contributed by atoms with Gasteiger partial charge in [0.05, 0.1) is 0 Å². The van der Waals surface area contributed by atoms with E-state index in [4.69, 9.17) is 20.4 Å². The zero-order chi connectivity index (χ0) is 27.2. The molecule has 0 saturated carbocycles. The lowest BCUT2D eigenvalue weighted by molar-refractivity contribution is 0.668. The predicted octanol–water partition coefficient (Wildman–Crippen LogP) is 9.80. The molecule has 6 heteroatoms. The lowest BCUT2D eigenvalue weighted by Crippen LogP contribution is -1.99. The molecule has 0 unspecified atom stereocenters. The van der Waals surface area contributed by atoms with Crippen molar-refractivity contribution in [3.8, 4) is 22.5 Å². The first kappa shape index (κ1) is 24.1. The van der Waals surface area contributed by atoms with E-state index in [0.717, 1.165) is 66.1 Å². The third-order valence-corrected chi connectivity index (χ3v) is 7.17. The third-order valence-electron chi connectivity index (χ3n) is 7.00. The van der Waals surface area contributed by atoms with Crippen LogP contribution in [0, 0.1) is 0 Å². The molecule has 0 fully saturated rings. The fourth-order valence-corrected chi connectivity index (χ4v) is 5.26. The van der Waals surface area contributed by atoms with Crippen molar-refractivity contribution < 1.29 is 8.83 Å². The van der Waals surface area contributed by atoms with Crippen molar-refractivity contribution >= 4 is 61.1 Å². The van der Waals surface area contributed by atoms with E-state index in [1.807, 2.05) is 67.6 Å². The van der Waals surface area contributed by atoms with Gasteiger partial charge >= 0.3 is 0 Å². The standard InChI is InChI=1S/C34H22ClN3O2/c1-3-5-9-20(4-2)32-36-33(38-34(35)37-32)22-14-16-25-27-18-21(15-17-29(27)39-30(25)19-22)23-11-8-12-26-24-10-6-7-13-28(24)40-31(23)26/h3-19H,2H2,1H3/b5-3-,20-9+. The fourth-order valence-electron chi connectivity index (χ4n) is 5.10. The summed E-state index contributed by atoms with van der Waals surface area (Å²) in [7, 11) is 0. The molecule has 0 amide bonds. The Hall–Kier alpha value is -5.00. The Morgan fingerprint density at radius 3 is 2.42 bits per heavy atom. The monoisotopic (exact) mass is 539 g/mol. The molecule has 0 aliphatic carbocycles. The Morgan fingerprint density at radius 1 is 0.750 bits per heavy atom. The van der Waals surface area contributed by atoms with Crippen LogP contribution < -0.4 is 0 Å². The Balaban J connectivity index is 1.34. The molecule has 0 aliphatic heterocycles. The highest BCUT2D eigenvalue weighted by Gasteiger charge is 2.16. The van der Waals surface area contributed by atoms with Crippen molar-refractivity contribution in [3.63, 3.8) is 0 Å². The van der Waals surface area contributed by atoms with E-state index < -0.39 is 0 Å². The molecule has 0 spiro atoms. The predicted molar refractivity (Wildman–Crippen MR) is 163 cm³/mol. The van der Waals surface area contributed by atoms with Crippen molar-refractivity contribution in [3.05, 3.63) is 121 Å². The molecule has 7 aromatic rings. The number of fused-ring (bicyclic) bond motifs is 6. The van der Waals surface area contributed by atoms with Gasteiger partial charge in [0.15, 0.2) is 11.6 Å². The maximum absolute atomic E-state index is 6.29. The van der Waals surface area contributed by atoms with Crippen molar-refractivity contribution in [2.75, 3.05) is 0 Å². The summed E-state index contributed by atoms with van der Waals surface area (Å²) in [6.07, 6.45) is 7.40. The number of hydrogen-bond acceptors (Lipinski definition) is 5. The number of halogens is 1. The topological polar surface area (TPSA) is 65.0 Å². The first-order chi connectivity index (χ1) is 19.6. The van der Waals surface area contributed by atoms with Crippen LogP contribution in [0.5, 0.6) is 0 Å². The van der Waals surface area contributed by atoms with Gasteiger partial charge in [0.1, 0.15) is 22.3 Å². The van der Waals surface area contributed by atoms with Crippen LogP contribution in [0.4, 0.5) is 0 Å². The van der Waals surface area contributed by atoms with E-state index in [1.165, 1.54) is 0 Å². The van der Waals surface area contributed by atoms with Crippen LogP contribution in [0.1, 0.15) is 12.7 Å². The van der Waals surface area contributed by atoms with Crippen LogP contribution in [-0.4, -0.2) is 15.0 Å². The first-order valence-corrected chi connectivity index (χ1v) is 13.3. The average Bonchev–Trinajstić information content (AvgIpc) is 3.55. The highest BCUT2D eigenvalue weighted by Crippen LogP contribution is 2.39. The van der Waals surface area contributed by atoms with Crippen LogP contribution in [0.2, 0.25) is 5.28 Å². The molecule has 0 aliphatic rings. The highest BCUT2D eigenvalue weighted by molar-refractivity contribution is 6.28. The minimum Gasteiger partial charge on any atom is -0.456 e. The molecule has 0 N–H and O–H groups in total. The Labute approximate surface area is 234 Å². The summed E-state index contributed by atoms with van der Waals surface area (Å²) in [5.74, 6) is 0.917. The van der Waals surface area contributed by atoms with Gasteiger partial charge in [-0.25, -0.2) is 4.98 Å². The Morgan fingerprint density at radius 2 is 1.55 bits per heavy atom. The SMILES string of the molecule is C=C/C(=C\C=C/C)c1nc(Cl)nc(-c2ccc3c(c2)oc2ccc(-c4cccc5c4oc4ccccc45)cc23)n1. The second kappa shape index (κ2) is 9.63. The van der Waals surface area contributed by atoms with E-state index in [9.17, 15) is 0 Å². The van der Waals surface area contributed by atoms with Crippen molar-refractivity contribution in [1.82, 2.24) is 15.0 Å². The number of hydrogen-bond donors (Lipinski definition) is 0. The third kappa shape index (κ3) is 3.99. The molecule has 5 nitrogen and oxygen atoms in total. The number of furan rings is 2. The lowest BCUT2D eigenvalue weighted by Gasteiger charge is -2.05. The van der Waals surface area contributed by atoms with Gasteiger partial charge in [-0.05, 0) is 54.4 Å². The summed E-state index contributed by atoms with van der Waals surface area (Å²) in [4.78, 5) is 13.3. The molecule has 40 heavy (non-hydrogen) atoms. The van der Waals surface area contributed by atoms with Gasteiger partial charge in [0.2, 0.25) is 5.28 Å². The second-order valence-corrected chi connectivity index (χ2v) is 9.75. The molecule has 4 aromatic carbocycles. The molecule has 0 saturated heterocycles. The zero-order valence-electron chi connectivity index (χ0n) is 21.6. The second-order valence-electron chi connectivity index (χ2n) is 9.41. The van der Waals surface area contributed by atoms with E-state index in [2.05, 4.69) is 57.9 Å². The molecule has 7 rings (SSSR count). The number of para-hydroxylation sites is 2. The molecular formula is C34H22ClN3O2. The van der Waals surface area contributed by atoms with Gasteiger partial charge in [0.25, 0.3) is 0 Å².